The zero-order valence-corrected chi connectivity index (χ0v) is 34.4. The Balaban J connectivity index is -0.0000000194. The highest BCUT2D eigenvalue weighted by Crippen LogP contribution is 2.46. The van der Waals surface area contributed by atoms with Gasteiger partial charge in [0.2, 0.25) is 0 Å². The molecular formula is C80H197NO9. The number of phenols is 2. The van der Waals surface area contributed by atoms with Gasteiger partial charge in [-0.15, -0.1) is 0 Å². The lowest BCUT2D eigenvalue weighted by Crippen LogP contribution is -2.49. The molecule has 0 aromatic heterocycles. The molecular weight excluding hydrogens is 1120 g/mol. The Kier molecular flexibility index (Phi) is 207. The lowest BCUT2D eigenvalue weighted by Gasteiger charge is -2.40. The number of allylic oxidation sites excluding steroid dienone is 8. The molecule has 3 aliphatic heterocycles. The van der Waals surface area contributed by atoms with Gasteiger partial charge < -0.3 is 35.2 Å². The van der Waals surface area contributed by atoms with Crippen LogP contribution in [0.2, 0.25) is 0 Å². The largest absolute Gasteiger partial charge is 0.508 e. The molecule has 0 spiro atoms. The van der Waals surface area contributed by atoms with Crippen LogP contribution in [0.5, 0.6) is 23.0 Å². The highest BCUT2D eigenvalue weighted by Gasteiger charge is 2.44. The van der Waals surface area contributed by atoms with Crippen LogP contribution in [0.15, 0.2) is 58.7 Å². The molecule has 0 saturated heterocycles. The second-order valence-corrected chi connectivity index (χ2v) is 16.4. The smallest absolute Gasteiger partial charge is 0.252 e. The van der Waals surface area contributed by atoms with Crippen molar-refractivity contribution in [3.8, 4) is 23.0 Å². The van der Waals surface area contributed by atoms with Crippen LogP contribution in [0.4, 0.5) is 0 Å². The van der Waals surface area contributed by atoms with Gasteiger partial charge in [0.1, 0.15) is 34.2 Å². The number of phenolic OH excluding ortho intramolecular Hbond substituents is 2. The van der Waals surface area contributed by atoms with Crippen molar-refractivity contribution in [3.63, 3.8) is 0 Å². The molecule has 0 saturated carbocycles. The van der Waals surface area contributed by atoms with Gasteiger partial charge in [0.05, 0.1) is 23.3 Å². The number of fused-ring (bicyclic) bond motifs is 4. The molecule has 576 valence electrons. The highest BCUT2D eigenvalue weighted by atomic mass is 16.5. The minimum Gasteiger partial charge on any atom is -0.508 e. The van der Waals surface area contributed by atoms with Crippen molar-refractivity contribution >= 4 is 18.5 Å². The first-order valence-corrected chi connectivity index (χ1v) is 19.7. The first kappa shape index (κ1) is 206. The van der Waals surface area contributed by atoms with E-state index in [0.29, 0.717) is 60.8 Å². The van der Waals surface area contributed by atoms with Crippen LogP contribution in [0.25, 0.3) is 0 Å². The van der Waals surface area contributed by atoms with Crippen molar-refractivity contribution in [1.82, 2.24) is 5.32 Å². The third-order valence-electron chi connectivity index (χ3n) is 11.1. The van der Waals surface area contributed by atoms with Crippen LogP contribution in [-0.2, 0) is 19.4 Å². The van der Waals surface area contributed by atoms with E-state index in [1.165, 1.54) is 34.4 Å². The van der Waals surface area contributed by atoms with Gasteiger partial charge in [-0.2, -0.15) is 0 Å². The van der Waals surface area contributed by atoms with E-state index in [1.54, 1.807) is 6.92 Å². The SMILES string of the molecule is C.C.C.C.C.C.C.C.C.C.C.C.C.C.C.C.C.C.C.C.C.C.C.C.C.C.C.C.C.C.C.C.C.C.CC(C)=CCC/C(C)=C/CC[C@]1(C)Oc2c(C=O)c(C=O)cc(O)c2C[C@@H]1O.CC(C)=CCC/C(C)=C/CC[C@]1(C)Oc2c(c(O)cc3c2CNC3=O)C[C@@H]1O. The molecule has 3 heterocycles. The first-order valence-electron chi connectivity index (χ1n) is 19.7. The van der Waals surface area contributed by atoms with Gasteiger partial charge >= 0.3 is 0 Å². The number of aldehydes is 2. The Bertz CT molecular complexity index is 1920. The van der Waals surface area contributed by atoms with E-state index >= 15 is 0 Å². The number of aliphatic hydroxyl groups excluding tert-OH is 2. The maximum atomic E-state index is 12.0. The van der Waals surface area contributed by atoms with E-state index in [9.17, 15) is 34.8 Å². The molecule has 4 atom stereocenters. The van der Waals surface area contributed by atoms with Gasteiger partial charge in [0.15, 0.2) is 12.6 Å². The zero-order chi connectivity index (χ0) is 41.4. The Labute approximate surface area is 582 Å². The summed E-state index contributed by atoms with van der Waals surface area (Å²) in [6.45, 7) is 16.7. The van der Waals surface area contributed by atoms with Crippen molar-refractivity contribution in [2.45, 2.75) is 402 Å². The molecule has 0 aliphatic carbocycles. The standard InChI is InChI=1S/C23H31NO4.C23H30O5.34CH4/c1-14(2)7-5-8-15(3)9-6-10-23(4)20(26)12-17-19(25)11-16-18(21(17)28-23)13-24-22(16)27;1-15(2)7-5-8-16(3)9-6-10-23(4)21(27)12-18-20(26)11-17(13-24)19(14-25)22(18)28-23;;;;;;;;;;;;;;;;;;;;;;;;;;;;;;;;;;/h7,9,11,20,25-26H,5-6,8,10,12-13H2,1-4H3,(H,24,27);7,9,11,13-14,21,26-27H,5-6,8,10,12H2,1-4H3;34*1H4/b15-9+;16-9+;;;;;;;;;;;;;;;;;;;;;;;;;;;;;;;;;;/t20-,23-;21-,23-;;;;;;;;;;;;;;;;;;;;;;;;;;;;;;;;;;/m00................................../s1. The Morgan fingerprint density at radius 1 is 0.456 bits per heavy atom. The quantitative estimate of drug-likeness (QED) is 0.0915. The maximum absolute atomic E-state index is 12.0. The van der Waals surface area contributed by atoms with Crippen LogP contribution in [-0.4, -0.2) is 62.3 Å². The lowest BCUT2D eigenvalue weighted by atomic mass is 9.84. The molecule has 3 aliphatic rings. The number of hydrogen-bond acceptors (Lipinski definition) is 9. The molecule has 0 radical (unpaired) electrons. The number of ether oxygens (including phenoxy) is 2. The summed E-state index contributed by atoms with van der Waals surface area (Å²) >= 11 is 0. The highest BCUT2D eigenvalue weighted by molar-refractivity contribution is 6.00. The number of hydrogen-bond donors (Lipinski definition) is 5. The van der Waals surface area contributed by atoms with Gasteiger partial charge in [-0.1, -0.05) is 299 Å². The average Bonchev–Trinajstić information content (AvgIpc) is 3.49. The van der Waals surface area contributed by atoms with Crippen molar-refractivity contribution in [3.05, 3.63) is 92.1 Å². The minimum atomic E-state index is -0.907. The van der Waals surface area contributed by atoms with Crippen LogP contribution in [0.3, 0.4) is 0 Å². The van der Waals surface area contributed by atoms with E-state index in [2.05, 4.69) is 71.2 Å². The molecule has 0 fully saturated rings. The number of carbonyl (C=O) groups is 3. The van der Waals surface area contributed by atoms with Crippen LogP contribution in [0.1, 0.15) is 407 Å². The number of amides is 1. The lowest BCUT2D eigenvalue weighted by molar-refractivity contribution is -0.0598. The Morgan fingerprint density at radius 2 is 0.756 bits per heavy atom. The molecule has 0 unspecified atom stereocenters. The Morgan fingerprint density at radius 3 is 1.06 bits per heavy atom. The molecule has 0 bridgehead atoms. The van der Waals surface area contributed by atoms with Gasteiger partial charge in [-0.05, 0) is 119 Å². The molecule has 2 aromatic rings. The van der Waals surface area contributed by atoms with Gasteiger partial charge in [0.25, 0.3) is 5.91 Å². The second kappa shape index (κ2) is 90.7. The van der Waals surface area contributed by atoms with Crippen LogP contribution >= 0.6 is 0 Å². The van der Waals surface area contributed by atoms with Gasteiger partial charge in [-0.3, -0.25) is 14.4 Å². The third kappa shape index (κ3) is 51.9. The third-order valence-corrected chi connectivity index (χ3v) is 11.1. The van der Waals surface area contributed by atoms with E-state index in [4.69, 9.17) is 9.47 Å². The average molecular weight is 1320 g/mol. The van der Waals surface area contributed by atoms with Gasteiger partial charge in [0, 0.05) is 41.6 Å². The topological polar surface area (TPSA) is 163 Å². The minimum absolute atomic E-state index is 0. The van der Waals surface area contributed by atoms with E-state index in [-0.39, 0.29) is 293 Å². The normalized spacial score (nSPS) is 14.0. The fourth-order valence-electron chi connectivity index (χ4n) is 7.40. The monoisotopic (exact) mass is 1320 g/mol. The second-order valence-electron chi connectivity index (χ2n) is 16.4. The summed E-state index contributed by atoms with van der Waals surface area (Å²) in [5.74, 6) is 0.444. The number of aliphatic hydroxyl groups is 2. The van der Waals surface area contributed by atoms with E-state index in [0.717, 1.165) is 44.1 Å². The fourth-order valence-corrected chi connectivity index (χ4v) is 7.40. The summed E-state index contributed by atoms with van der Waals surface area (Å²) in [5.41, 5.74) is 6.00. The summed E-state index contributed by atoms with van der Waals surface area (Å²) in [5, 5.41) is 44.6. The number of carbonyl (C=O) groups excluding carboxylic acids is 3. The first-order chi connectivity index (χ1) is 26.4. The Hall–Kier alpha value is -4.67. The number of nitrogens with one attached hydrogen (secondary N) is 1. The van der Waals surface area contributed by atoms with Gasteiger partial charge in [-0.25, -0.2) is 0 Å². The van der Waals surface area contributed by atoms with Crippen LogP contribution < -0.4 is 14.8 Å². The molecule has 1 amide bonds. The number of aromatic hydroxyl groups is 2. The summed E-state index contributed by atoms with van der Waals surface area (Å²) in [4.78, 5) is 34.7. The summed E-state index contributed by atoms with van der Waals surface area (Å²) in [6, 6.07) is 2.72. The van der Waals surface area contributed by atoms with Crippen molar-refractivity contribution in [2.24, 2.45) is 0 Å². The predicted octanol–water partition coefficient (Wildman–Crippen LogP) is 30.3. The number of rotatable bonds is 14. The van der Waals surface area contributed by atoms with Crippen molar-refractivity contribution in [1.29, 1.82) is 0 Å². The van der Waals surface area contributed by atoms with Crippen molar-refractivity contribution in [2.75, 3.05) is 0 Å². The van der Waals surface area contributed by atoms with E-state index < -0.39 is 23.4 Å². The maximum Gasteiger partial charge on any atom is 0.252 e. The summed E-state index contributed by atoms with van der Waals surface area (Å²) < 4.78 is 12.3. The zero-order valence-electron chi connectivity index (χ0n) is 34.4. The summed E-state index contributed by atoms with van der Waals surface area (Å²) in [6.07, 6.45) is 15.7. The molecule has 90 heavy (non-hydrogen) atoms. The molecule has 10 nitrogen and oxygen atoms in total. The van der Waals surface area contributed by atoms with Crippen molar-refractivity contribution < 1.29 is 44.3 Å². The molecule has 5 N–H and O–H groups in total. The van der Waals surface area contributed by atoms with Crippen LogP contribution in [0, 0.1) is 0 Å². The number of benzene rings is 2. The molecule has 10 heteroatoms. The fraction of sp³-hybridized carbons (Fsp3) is 0.713. The molecule has 2 aromatic carbocycles. The van der Waals surface area contributed by atoms with E-state index in [1.807, 2.05) is 6.92 Å². The molecule has 5 rings (SSSR count). The summed E-state index contributed by atoms with van der Waals surface area (Å²) in [7, 11) is 0. The predicted molar refractivity (Wildman–Crippen MR) is 448 cm³/mol.